The van der Waals surface area contributed by atoms with Crippen LogP contribution in [0.4, 0.5) is 0 Å². The SMILES string of the molecule is CCCNC(CC)Cc1ccn(C)n1. The Hall–Kier alpha value is -0.830. The van der Waals surface area contributed by atoms with Crippen LogP contribution in [-0.2, 0) is 13.5 Å². The second-order valence-corrected chi connectivity index (χ2v) is 3.74. The maximum Gasteiger partial charge on any atom is 0.0639 e. The van der Waals surface area contributed by atoms with Gasteiger partial charge < -0.3 is 5.32 Å². The number of hydrogen-bond acceptors (Lipinski definition) is 2. The quantitative estimate of drug-likeness (QED) is 0.749. The number of hydrogen-bond donors (Lipinski definition) is 1. The van der Waals surface area contributed by atoms with E-state index in [1.165, 1.54) is 12.1 Å². The Balaban J connectivity index is 2.40. The highest BCUT2D eigenvalue weighted by Gasteiger charge is 2.07. The molecule has 1 aromatic heterocycles. The highest BCUT2D eigenvalue weighted by Crippen LogP contribution is 2.02. The van der Waals surface area contributed by atoms with Crippen molar-refractivity contribution in [1.29, 1.82) is 0 Å². The van der Waals surface area contributed by atoms with Crippen LogP contribution in [0.25, 0.3) is 0 Å². The number of rotatable bonds is 6. The van der Waals surface area contributed by atoms with Gasteiger partial charge in [0.05, 0.1) is 5.69 Å². The summed E-state index contributed by atoms with van der Waals surface area (Å²) in [6, 6.07) is 2.67. The molecule has 0 aromatic carbocycles. The van der Waals surface area contributed by atoms with Crippen LogP contribution in [0.2, 0.25) is 0 Å². The van der Waals surface area contributed by atoms with Gasteiger partial charge in [0.1, 0.15) is 0 Å². The van der Waals surface area contributed by atoms with Crippen molar-refractivity contribution in [2.75, 3.05) is 6.54 Å². The Morgan fingerprint density at radius 3 is 2.79 bits per heavy atom. The van der Waals surface area contributed by atoms with Crippen molar-refractivity contribution < 1.29 is 0 Å². The third kappa shape index (κ3) is 3.50. The molecule has 1 N–H and O–H groups in total. The average Bonchev–Trinajstić information content (AvgIpc) is 2.58. The van der Waals surface area contributed by atoms with E-state index in [2.05, 4.69) is 30.3 Å². The van der Waals surface area contributed by atoms with E-state index in [4.69, 9.17) is 0 Å². The lowest BCUT2D eigenvalue weighted by atomic mass is 10.1. The fourth-order valence-electron chi connectivity index (χ4n) is 1.53. The molecule has 1 atom stereocenters. The van der Waals surface area contributed by atoms with E-state index in [-0.39, 0.29) is 0 Å². The molecule has 1 heterocycles. The molecule has 0 aliphatic carbocycles. The number of aromatic nitrogens is 2. The van der Waals surface area contributed by atoms with Gasteiger partial charge in [0.25, 0.3) is 0 Å². The predicted molar refractivity (Wildman–Crippen MR) is 59.3 cm³/mol. The van der Waals surface area contributed by atoms with Gasteiger partial charge in [-0.05, 0) is 25.5 Å². The average molecular weight is 195 g/mol. The van der Waals surface area contributed by atoms with E-state index in [0.717, 1.165) is 19.4 Å². The molecule has 0 radical (unpaired) electrons. The smallest absolute Gasteiger partial charge is 0.0639 e. The first kappa shape index (κ1) is 11.2. The first-order valence-corrected chi connectivity index (χ1v) is 5.48. The lowest BCUT2D eigenvalue weighted by Crippen LogP contribution is -2.31. The van der Waals surface area contributed by atoms with E-state index >= 15 is 0 Å². The fourth-order valence-corrected chi connectivity index (χ4v) is 1.53. The Morgan fingerprint density at radius 1 is 1.50 bits per heavy atom. The molecule has 1 aromatic rings. The summed E-state index contributed by atoms with van der Waals surface area (Å²) in [7, 11) is 1.96. The summed E-state index contributed by atoms with van der Waals surface area (Å²) in [5.41, 5.74) is 1.18. The minimum Gasteiger partial charge on any atom is -0.314 e. The molecule has 0 amide bonds. The first-order valence-electron chi connectivity index (χ1n) is 5.48. The van der Waals surface area contributed by atoms with Gasteiger partial charge in [0.2, 0.25) is 0 Å². The topological polar surface area (TPSA) is 29.9 Å². The minimum atomic E-state index is 0.574. The van der Waals surface area contributed by atoms with Crippen LogP contribution in [0.1, 0.15) is 32.4 Å². The van der Waals surface area contributed by atoms with Gasteiger partial charge >= 0.3 is 0 Å². The standard InChI is InChI=1S/C11H21N3/c1-4-7-12-10(5-2)9-11-6-8-14(3)13-11/h6,8,10,12H,4-5,7,9H2,1-3H3. The van der Waals surface area contributed by atoms with Crippen molar-refractivity contribution >= 4 is 0 Å². The molecule has 0 spiro atoms. The van der Waals surface area contributed by atoms with E-state index in [0.29, 0.717) is 6.04 Å². The summed E-state index contributed by atoms with van der Waals surface area (Å²) >= 11 is 0. The monoisotopic (exact) mass is 195 g/mol. The summed E-state index contributed by atoms with van der Waals surface area (Å²) in [6.07, 6.45) is 5.40. The number of aryl methyl sites for hydroxylation is 1. The van der Waals surface area contributed by atoms with Crippen LogP contribution in [0.15, 0.2) is 12.3 Å². The Morgan fingerprint density at radius 2 is 2.29 bits per heavy atom. The Bertz CT molecular complexity index is 255. The van der Waals surface area contributed by atoms with Gasteiger partial charge in [-0.15, -0.1) is 0 Å². The second kappa shape index (κ2) is 5.81. The van der Waals surface area contributed by atoms with Gasteiger partial charge in [0, 0.05) is 25.7 Å². The van der Waals surface area contributed by atoms with Crippen molar-refractivity contribution in [3.63, 3.8) is 0 Å². The predicted octanol–water partition coefficient (Wildman–Crippen LogP) is 1.74. The third-order valence-corrected chi connectivity index (χ3v) is 2.40. The molecule has 80 valence electrons. The molecule has 0 bridgehead atoms. The van der Waals surface area contributed by atoms with Gasteiger partial charge in [-0.1, -0.05) is 13.8 Å². The molecule has 0 aliphatic rings. The molecule has 1 unspecified atom stereocenters. The van der Waals surface area contributed by atoms with Crippen molar-refractivity contribution in [1.82, 2.24) is 15.1 Å². The lowest BCUT2D eigenvalue weighted by Gasteiger charge is -2.14. The van der Waals surface area contributed by atoms with Crippen LogP contribution in [-0.4, -0.2) is 22.4 Å². The Kier molecular flexibility index (Phi) is 4.66. The molecule has 0 saturated carbocycles. The zero-order chi connectivity index (χ0) is 10.4. The van der Waals surface area contributed by atoms with E-state index < -0.39 is 0 Å². The van der Waals surface area contributed by atoms with Crippen molar-refractivity contribution in [3.8, 4) is 0 Å². The summed E-state index contributed by atoms with van der Waals surface area (Å²) in [5.74, 6) is 0. The molecular weight excluding hydrogens is 174 g/mol. The zero-order valence-electron chi connectivity index (χ0n) is 9.45. The van der Waals surface area contributed by atoms with E-state index in [1.54, 1.807) is 0 Å². The van der Waals surface area contributed by atoms with Crippen molar-refractivity contribution in [3.05, 3.63) is 18.0 Å². The van der Waals surface area contributed by atoms with Crippen molar-refractivity contribution in [2.24, 2.45) is 7.05 Å². The summed E-state index contributed by atoms with van der Waals surface area (Å²) in [5, 5.41) is 7.91. The molecule has 0 aliphatic heterocycles. The van der Waals surface area contributed by atoms with Gasteiger partial charge in [-0.2, -0.15) is 5.10 Å². The molecule has 14 heavy (non-hydrogen) atoms. The molecule has 3 nitrogen and oxygen atoms in total. The van der Waals surface area contributed by atoms with Gasteiger partial charge in [0.15, 0.2) is 0 Å². The lowest BCUT2D eigenvalue weighted by molar-refractivity contribution is 0.488. The van der Waals surface area contributed by atoms with Gasteiger partial charge in [-0.25, -0.2) is 0 Å². The minimum absolute atomic E-state index is 0.574. The number of nitrogens with zero attached hydrogens (tertiary/aromatic N) is 2. The molecule has 1 rings (SSSR count). The first-order chi connectivity index (χ1) is 6.76. The van der Waals surface area contributed by atoms with Crippen molar-refractivity contribution in [2.45, 2.75) is 39.2 Å². The molecule has 3 heteroatoms. The highest BCUT2D eigenvalue weighted by molar-refractivity contribution is 5.01. The van der Waals surface area contributed by atoms with Gasteiger partial charge in [-0.3, -0.25) is 4.68 Å². The fraction of sp³-hybridized carbons (Fsp3) is 0.727. The maximum atomic E-state index is 4.38. The number of nitrogens with one attached hydrogen (secondary N) is 1. The molecular formula is C11H21N3. The molecule has 0 saturated heterocycles. The molecule has 0 fully saturated rings. The van der Waals surface area contributed by atoms with Crippen LogP contribution in [0, 0.1) is 0 Å². The van der Waals surface area contributed by atoms with Crippen LogP contribution in [0.3, 0.4) is 0 Å². The van der Waals surface area contributed by atoms with Crippen LogP contribution in [0.5, 0.6) is 0 Å². The zero-order valence-corrected chi connectivity index (χ0v) is 9.45. The normalized spacial score (nSPS) is 13.1. The maximum absolute atomic E-state index is 4.38. The Labute approximate surface area is 86.5 Å². The highest BCUT2D eigenvalue weighted by atomic mass is 15.2. The van der Waals surface area contributed by atoms with Crippen LogP contribution >= 0.6 is 0 Å². The van der Waals surface area contributed by atoms with E-state index in [1.807, 2.05) is 17.9 Å². The summed E-state index contributed by atoms with van der Waals surface area (Å²) in [4.78, 5) is 0. The van der Waals surface area contributed by atoms with Crippen LogP contribution < -0.4 is 5.32 Å². The summed E-state index contributed by atoms with van der Waals surface area (Å²) in [6.45, 7) is 5.52. The second-order valence-electron chi connectivity index (χ2n) is 3.74. The third-order valence-electron chi connectivity index (χ3n) is 2.40. The summed E-state index contributed by atoms with van der Waals surface area (Å²) < 4.78 is 1.86. The largest absolute Gasteiger partial charge is 0.314 e. The van der Waals surface area contributed by atoms with E-state index in [9.17, 15) is 0 Å².